The maximum Gasteiger partial charge on any atom is 0.243 e. The zero-order valence-corrected chi connectivity index (χ0v) is 17.9. The van der Waals surface area contributed by atoms with Gasteiger partial charge in [0.05, 0.1) is 4.90 Å². The molecule has 144 valence electrons. The summed E-state index contributed by atoms with van der Waals surface area (Å²) in [6.45, 7) is 0.497. The van der Waals surface area contributed by atoms with Crippen LogP contribution in [0.25, 0.3) is 0 Å². The molecule has 1 aliphatic rings. The first-order valence-corrected chi connectivity index (χ1v) is 11.1. The molecule has 10 heteroatoms. The molecule has 0 atom stereocenters. The molecule has 1 aromatic heterocycles. The lowest BCUT2D eigenvalue weighted by Crippen LogP contribution is -2.41. The van der Waals surface area contributed by atoms with Gasteiger partial charge in [0.2, 0.25) is 15.9 Å². The highest BCUT2D eigenvalue weighted by atomic mass is 79.9. The first kappa shape index (κ1) is 20.5. The van der Waals surface area contributed by atoms with Crippen molar-refractivity contribution in [2.24, 2.45) is 5.92 Å². The predicted molar refractivity (Wildman–Crippen MR) is 109 cm³/mol. The molecule has 1 aliphatic heterocycles. The maximum atomic E-state index is 12.8. The third-order valence-electron chi connectivity index (χ3n) is 4.28. The number of anilines is 1. The van der Waals surface area contributed by atoms with Crippen molar-refractivity contribution in [3.05, 3.63) is 51.0 Å². The molecule has 1 aromatic carbocycles. The summed E-state index contributed by atoms with van der Waals surface area (Å²) in [5, 5.41) is 3.29. The lowest BCUT2D eigenvalue weighted by Gasteiger charge is -2.30. The summed E-state index contributed by atoms with van der Waals surface area (Å²) in [5.41, 5.74) is 0. The highest BCUT2D eigenvalue weighted by Crippen LogP contribution is 2.28. The Labute approximate surface area is 176 Å². The van der Waals surface area contributed by atoms with E-state index in [0.717, 1.165) is 4.47 Å². The molecule has 27 heavy (non-hydrogen) atoms. The molecule has 1 fully saturated rings. The molecule has 0 bridgehead atoms. The molecule has 1 amide bonds. The number of hydrogen-bond acceptors (Lipinski definition) is 4. The van der Waals surface area contributed by atoms with E-state index in [1.165, 1.54) is 22.5 Å². The SMILES string of the molecule is O=C(Nc1ccc(Br)cn1)C1CCN(S(=O)(=O)c2cc(Cl)cc(Cl)c2)CC1. The van der Waals surface area contributed by atoms with Crippen LogP contribution < -0.4 is 5.32 Å². The Morgan fingerprint density at radius 2 is 1.78 bits per heavy atom. The molecular formula is C17H16BrCl2N3O3S. The summed E-state index contributed by atoms with van der Waals surface area (Å²) in [5.74, 6) is 0.0318. The predicted octanol–water partition coefficient (Wildman–Crippen LogP) is 4.19. The molecule has 0 unspecified atom stereocenters. The molecule has 0 saturated carbocycles. The van der Waals surface area contributed by atoms with Crippen LogP contribution in [0.2, 0.25) is 10.0 Å². The van der Waals surface area contributed by atoms with Gasteiger partial charge < -0.3 is 5.32 Å². The van der Waals surface area contributed by atoms with Gasteiger partial charge in [-0.15, -0.1) is 0 Å². The number of pyridine rings is 1. The van der Waals surface area contributed by atoms with E-state index >= 15 is 0 Å². The van der Waals surface area contributed by atoms with E-state index in [1.54, 1.807) is 18.3 Å². The third kappa shape index (κ3) is 5.00. The van der Waals surface area contributed by atoms with Crippen molar-refractivity contribution in [3.8, 4) is 0 Å². The molecule has 3 rings (SSSR count). The second-order valence-corrected chi connectivity index (χ2v) is 9.86. The van der Waals surface area contributed by atoms with Crippen LogP contribution in [0.15, 0.2) is 45.9 Å². The summed E-state index contributed by atoms with van der Waals surface area (Å²) in [7, 11) is -3.70. The zero-order chi connectivity index (χ0) is 19.6. The lowest BCUT2D eigenvalue weighted by atomic mass is 9.97. The number of nitrogens with one attached hydrogen (secondary N) is 1. The Morgan fingerprint density at radius 3 is 2.33 bits per heavy atom. The van der Waals surface area contributed by atoms with E-state index in [2.05, 4.69) is 26.2 Å². The minimum absolute atomic E-state index is 0.0574. The second-order valence-electron chi connectivity index (χ2n) is 6.13. The fraction of sp³-hybridized carbons (Fsp3) is 0.294. The largest absolute Gasteiger partial charge is 0.310 e. The number of nitrogens with zero attached hydrogens (tertiary/aromatic N) is 2. The van der Waals surface area contributed by atoms with Crippen LogP contribution in [0.3, 0.4) is 0 Å². The summed E-state index contributed by atoms with van der Waals surface area (Å²) in [6, 6.07) is 7.72. The standard InChI is InChI=1S/C17H16BrCl2N3O3S/c18-12-1-2-16(21-10-12)22-17(24)11-3-5-23(6-4-11)27(25,26)15-8-13(19)7-14(20)9-15/h1-2,7-11H,3-6H2,(H,21,22,24). The number of amides is 1. The van der Waals surface area contributed by atoms with E-state index < -0.39 is 10.0 Å². The number of piperidine rings is 1. The first-order chi connectivity index (χ1) is 12.8. The normalized spacial score (nSPS) is 16.3. The number of rotatable bonds is 4. The molecule has 6 nitrogen and oxygen atoms in total. The fourth-order valence-corrected chi connectivity index (χ4v) is 5.29. The van der Waals surface area contributed by atoms with Gasteiger partial charge in [0.15, 0.2) is 0 Å². The highest BCUT2D eigenvalue weighted by Gasteiger charge is 2.32. The minimum Gasteiger partial charge on any atom is -0.310 e. The van der Waals surface area contributed by atoms with Crippen LogP contribution in [-0.4, -0.2) is 36.7 Å². The molecular weight excluding hydrogens is 477 g/mol. The summed E-state index contributed by atoms with van der Waals surface area (Å²) < 4.78 is 27.7. The van der Waals surface area contributed by atoms with Gasteiger partial charge in [-0.3, -0.25) is 4.79 Å². The Morgan fingerprint density at radius 1 is 1.15 bits per heavy atom. The van der Waals surface area contributed by atoms with Crippen LogP contribution in [0, 0.1) is 5.92 Å². The third-order valence-corrected chi connectivity index (χ3v) is 7.06. The number of aromatic nitrogens is 1. The van der Waals surface area contributed by atoms with E-state index in [-0.39, 0.29) is 39.9 Å². The first-order valence-electron chi connectivity index (χ1n) is 8.14. The molecule has 2 aromatic rings. The van der Waals surface area contributed by atoms with Crippen LogP contribution in [0.5, 0.6) is 0 Å². The average Bonchev–Trinajstić information content (AvgIpc) is 2.63. The smallest absolute Gasteiger partial charge is 0.243 e. The molecule has 2 heterocycles. The Bertz CT molecular complexity index is 926. The van der Waals surface area contributed by atoms with Gasteiger partial charge in [0, 0.05) is 39.7 Å². The van der Waals surface area contributed by atoms with Gasteiger partial charge in [0.1, 0.15) is 5.82 Å². The van der Waals surface area contributed by atoms with Crippen molar-refractivity contribution >= 4 is 60.9 Å². The van der Waals surface area contributed by atoms with Crippen LogP contribution in [-0.2, 0) is 14.8 Å². The monoisotopic (exact) mass is 491 g/mol. The zero-order valence-electron chi connectivity index (χ0n) is 14.0. The molecule has 1 saturated heterocycles. The van der Waals surface area contributed by atoms with Crippen molar-refractivity contribution in [1.29, 1.82) is 0 Å². The average molecular weight is 493 g/mol. The number of halogens is 3. The molecule has 0 spiro atoms. The fourth-order valence-electron chi connectivity index (χ4n) is 2.86. The minimum atomic E-state index is -3.70. The van der Waals surface area contributed by atoms with Gasteiger partial charge >= 0.3 is 0 Å². The summed E-state index contributed by atoms with van der Waals surface area (Å²) in [6.07, 6.45) is 2.45. The van der Waals surface area contributed by atoms with Crippen molar-refractivity contribution in [3.63, 3.8) is 0 Å². The number of benzene rings is 1. The maximum absolute atomic E-state index is 12.8. The Kier molecular flexibility index (Phi) is 6.43. The lowest BCUT2D eigenvalue weighted by molar-refractivity contribution is -0.120. The number of carbonyl (C=O) groups excluding carboxylic acids is 1. The van der Waals surface area contributed by atoms with Crippen molar-refractivity contribution < 1.29 is 13.2 Å². The topological polar surface area (TPSA) is 79.4 Å². The van der Waals surface area contributed by atoms with Crippen LogP contribution >= 0.6 is 39.1 Å². The van der Waals surface area contributed by atoms with Gasteiger partial charge in [-0.25, -0.2) is 13.4 Å². The van der Waals surface area contributed by atoms with Crippen LogP contribution in [0.1, 0.15) is 12.8 Å². The Hall–Kier alpha value is -1.19. The molecule has 0 aliphatic carbocycles. The molecule has 1 N–H and O–H groups in total. The Balaban J connectivity index is 1.64. The van der Waals surface area contributed by atoms with E-state index in [9.17, 15) is 13.2 Å². The second kappa shape index (κ2) is 8.45. The van der Waals surface area contributed by atoms with Gasteiger partial charge in [-0.1, -0.05) is 23.2 Å². The van der Waals surface area contributed by atoms with Crippen molar-refractivity contribution in [2.45, 2.75) is 17.7 Å². The van der Waals surface area contributed by atoms with Gasteiger partial charge in [0.25, 0.3) is 0 Å². The van der Waals surface area contributed by atoms with Crippen molar-refractivity contribution in [2.75, 3.05) is 18.4 Å². The number of hydrogen-bond donors (Lipinski definition) is 1. The highest BCUT2D eigenvalue weighted by molar-refractivity contribution is 9.10. The number of sulfonamides is 1. The van der Waals surface area contributed by atoms with Gasteiger partial charge in [-0.05, 0) is 59.1 Å². The van der Waals surface area contributed by atoms with Crippen LogP contribution in [0.4, 0.5) is 5.82 Å². The van der Waals surface area contributed by atoms with Crippen molar-refractivity contribution in [1.82, 2.24) is 9.29 Å². The summed E-state index contributed by atoms with van der Waals surface area (Å²) >= 11 is 15.1. The van der Waals surface area contributed by atoms with E-state index in [0.29, 0.717) is 18.7 Å². The molecule has 0 radical (unpaired) electrons. The van der Waals surface area contributed by atoms with Gasteiger partial charge in [-0.2, -0.15) is 4.31 Å². The summed E-state index contributed by atoms with van der Waals surface area (Å²) in [4.78, 5) is 16.6. The van der Waals surface area contributed by atoms with E-state index in [4.69, 9.17) is 23.2 Å². The number of carbonyl (C=O) groups is 1. The van der Waals surface area contributed by atoms with E-state index in [1.807, 2.05) is 0 Å². The quantitative estimate of drug-likeness (QED) is 0.693.